The molecule has 0 aromatic heterocycles. The third kappa shape index (κ3) is 4.20. The van der Waals surface area contributed by atoms with E-state index in [0.717, 1.165) is 46.6 Å². The Morgan fingerprint density at radius 3 is 1.41 bits per heavy atom. The summed E-state index contributed by atoms with van der Waals surface area (Å²) in [6, 6.07) is 30.0. The smallest absolute Gasteiger partial charge is 0.124 e. The second kappa shape index (κ2) is 10.8. The Labute approximate surface area is 219 Å². The molecule has 0 radical (unpaired) electrons. The Morgan fingerprint density at radius 1 is 0.568 bits per heavy atom. The maximum atomic E-state index is 9.64. The van der Waals surface area contributed by atoms with Crippen molar-refractivity contribution >= 4 is 0 Å². The minimum absolute atomic E-state index is 0.0635. The van der Waals surface area contributed by atoms with Crippen LogP contribution in [0.2, 0.25) is 0 Å². The molecule has 0 aliphatic heterocycles. The minimum atomic E-state index is -0.707. The van der Waals surface area contributed by atoms with Gasteiger partial charge in [-0.25, -0.2) is 0 Å². The molecule has 4 aromatic carbocycles. The lowest BCUT2D eigenvalue weighted by molar-refractivity contribution is 0.197. The van der Waals surface area contributed by atoms with Crippen LogP contribution < -0.4 is 9.47 Å². The van der Waals surface area contributed by atoms with Gasteiger partial charge in [0, 0.05) is 11.1 Å². The molecule has 4 heteroatoms. The predicted octanol–water partition coefficient (Wildman–Crippen LogP) is 5.92. The number of aliphatic hydroxyl groups excluding tert-OH is 2. The number of aryl methyl sites for hydroxylation is 2. The molecule has 0 unspecified atom stereocenters. The summed E-state index contributed by atoms with van der Waals surface area (Å²) in [5.41, 5.74) is 8.33. The largest absolute Gasteiger partial charge is 0.491 e. The highest BCUT2D eigenvalue weighted by molar-refractivity contribution is 5.87. The molecule has 0 saturated heterocycles. The van der Waals surface area contributed by atoms with Crippen LogP contribution in [0.5, 0.6) is 11.5 Å². The van der Waals surface area contributed by atoms with Crippen molar-refractivity contribution in [3.8, 4) is 22.6 Å². The fraction of sp³-hybridized carbons (Fsp3) is 0.273. The molecule has 4 nitrogen and oxygen atoms in total. The fourth-order valence-corrected chi connectivity index (χ4v) is 5.70. The average Bonchev–Trinajstić information content (AvgIpc) is 3.25. The van der Waals surface area contributed by atoms with Crippen molar-refractivity contribution in [2.24, 2.45) is 0 Å². The number of rotatable bonds is 10. The maximum absolute atomic E-state index is 9.64. The third-order valence-electron chi connectivity index (χ3n) is 7.37. The summed E-state index contributed by atoms with van der Waals surface area (Å²) in [4.78, 5) is 0. The van der Waals surface area contributed by atoms with Crippen molar-refractivity contribution in [3.63, 3.8) is 0 Å². The molecule has 5 rings (SSSR count). The zero-order valence-electron chi connectivity index (χ0n) is 21.5. The maximum Gasteiger partial charge on any atom is 0.124 e. The quantitative estimate of drug-likeness (QED) is 0.253. The van der Waals surface area contributed by atoms with E-state index in [1.165, 1.54) is 22.3 Å². The molecule has 4 aromatic rings. The summed E-state index contributed by atoms with van der Waals surface area (Å²) in [7, 11) is 0. The molecule has 190 valence electrons. The first-order valence-electron chi connectivity index (χ1n) is 13.1. The zero-order chi connectivity index (χ0) is 25.8. The van der Waals surface area contributed by atoms with Crippen LogP contribution in [0, 0.1) is 0 Å². The van der Waals surface area contributed by atoms with E-state index in [1.807, 2.05) is 0 Å². The Hall–Kier alpha value is -3.60. The Balaban J connectivity index is 1.92. The van der Waals surface area contributed by atoms with Crippen LogP contribution in [-0.4, -0.2) is 36.6 Å². The van der Waals surface area contributed by atoms with E-state index in [-0.39, 0.29) is 26.4 Å². The van der Waals surface area contributed by atoms with Gasteiger partial charge in [-0.2, -0.15) is 0 Å². The van der Waals surface area contributed by atoms with Crippen LogP contribution in [0.15, 0.2) is 84.9 Å². The number of hydrogen-bond donors (Lipinski definition) is 2. The van der Waals surface area contributed by atoms with Crippen LogP contribution in [0.4, 0.5) is 0 Å². The van der Waals surface area contributed by atoms with Crippen LogP contribution in [0.3, 0.4) is 0 Å². The lowest BCUT2D eigenvalue weighted by Crippen LogP contribution is -2.30. The lowest BCUT2D eigenvalue weighted by Gasteiger charge is -2.36. The molecule has 0 amide bonds. The Morgan fingerprint density at radius 2 is 1.00 bits per heavy atom. The van der Waals surface area contributed by atoms with E-state index in [2.05, 4.69) is 98.8 Å². The molecule has 0 saturated carbocycles. The Bertz CT molecular complexity index is 1280. The van der Waals surface area contributed by atoms with Crippen LogP contribution in [-0.2, 0) is 18.3 Å². The molecule has 2 N–H and O–H groups in total. The van der Waals surface area contributed by atoms with Crippen molar-refractivity contribution in [1.82, 2.24) is 0 Å². The molecule has 37 heavy (non-hydrogen) atoms. The number of hydrogen-bond acceptors (Lipinski definition) is 4. The monoisotopic (exact) mass is 494 g/mol. The summed E-state index contributed by atoms with van der Waals surface area (Å²) < 4.78 is 12.5. The molecule has 1 aliphatic carbocycles. The van der Waals surface area contributed by atoms with Gasteiger partial charge in [-0.3, -0.25) is 0 Å². The second-order valence-electron chi connectivity index (χ2n) is 9.35. The van der Waals surface area contributed by atoms with E-state index in [1.54, 1.807) is 0 Å². The number of ether oxygens (including phenoxy) is 2. The lowest BCUT2D eigenvalue weighted by atomic mass is 9.66. The normalized spacial score (nSPS) is 13.2. The molecular weight excluding hydrogens is 460 g/mol. The van der Waals surface area contributed by atoms with Crippen molar-refractivity contribution < 1.29 is 19.7 Å². The van der Waals surface area contributed by atoms with Crippen molar-refractivity contribution in [3.05, 3.63) is 118 Å². The zero-order valence-corrected chi connectivity index (χ0v) is 21.5. The molecule has 0 spiro atoms. The topological polar surface area (TPSA) is 58.9 Å². The Kier molecular flexibility index (Phi) is 7.31. The van der Waals surface area contributed by atoms with Gasteiger partial charge < -0.3 is 19.7 Å². The van der Waals surface area contributed by atoms with Gasteiger partial charge in [0.05, 0.1) is 18.6 Å². The summed E-state index contributed by atoms with van der Waals surface area (Å²) in [6.07, 6.45) is 1.76. The summed E-state index contributed by atoms with van der Waals surface area (Å²) >= 11 is 0. The molecule has 0 fully saturated rings. The highest BCUT2D eigenvalue weighted by Gasteiger charge is 2.49. The van der Waals surface area contributed by atoms with Gasteiger partial charge in [0.2, 0.25) is 0 Å². The van der Waals surface area contributed by atoms with Crippen molar-refractivity contribution in [1.29, 1.82) is 0 Å². The van der Waals surface area contributed by atoms with E-state index >= 15 is 0 Å². The molecule has 1 aliphatic rings. The van der Waals surface area contributed by atoms with E-state index in [4.69, 9.17) is 9.47 Å². The first-order valence-corrected chi connectivity index (χ1v) is 13.1. The van der Waals surface area contributed by atoms with Crippen molar-refractivity contribution in [2.75, 3.05) is 26.4 Å². The van der Waals surface area contributed by atoms with Gasteiger partial charge in [-0.15, -0.1) is 0 Å². The van der Waals surface area contributed by atoms with Gasteiger partial charge in [-0.05, 0) is 58.4 Å². The minimum Gasteiger partial charge on any atom is -0.491 e. The molecule has 0 bridgehead atoms. The first kappa shape index (κ1) is 25.1. The summed E-state index contributed by atoms with van der Waals surface area (Å²) in [5, 5.41) is 19.3. The third-order valence-corrected chi connectivity index (χ3v) is 7.37. The van der Waals surface area contributed by atoms with Gasteiger partial charge in [0.25, 0.3) is 0 Å². The highest BCUT2D eigenvalue weighted by Crippen LogP contribution is 2.59. The van der Waals surface area contributed by atoms with E-state index in [9.17, 15) is 10.2 Å². The average molecular weight is 495 g/mol. The molecule has 0 atom stereocenters. The van der Waals surface area contributed by atoms with Crippen LogP contribution in [0.25, 0.3) is 11.1 Å². The van der Waals surface area contributed by atoms with Crippen LogP contribution >= 0.6 is 0 Å². The van der Waals surface area contributed by atoms with Gasteiger partial charge in [-0.1, -0.05) is 86.6 Å². The van der Waals surface area contributed by atoms with E-state index < -0.39 is 5.41 Å². The standard InChI is InChI=1S/C33H34O4/c1-3-23-13-15-29(31(21-23)36-19-17-34)33(30-16-14-24(4-2)22-32(30)37-20-18-35)27-11-7-5-9-25(27)26-10-6-8-12-28(26)33/h5-16,21-22,34-35H,3-4,17-20H2,1-2H3. The number of aliphatic hydroxyl groups is 2. The summed E-state index contributed by atoms with van der Waals surface area (Å²) in [6.45, 7) is 4.55. The summed E-state index contributed by atoms with van der Waals surface area (Å²) in [5.74, 6) is 1.51. The number of fused-ring (bicyclic) bond motifs is 3. The van der Waals surface area contributed by atoms with Crippen LogP contribution in [0.1, 0.15) is 47.2 Å². The van der Waals surface area contributed by atoms with Gasteiger partial charge in [0.15, 0.2) is 0 Å². The fourth-order valence-electron chi connectivity index (χ4n) is 5.70. The SMILES string of the molecule is CCc1ccc(C2(c3ccc(CC)cc3OCCO)c3ccccc3-c3ccccc32)c(OCCO)c1. The number of benzene rings is 4. The first-order chi connectivity index (χ1) is 18.2. The predicted molar refractivity (Wildman–Crippen MR) is 148 cm³/mol. The van der Waals surface area contributed by atoms with Crippen molar-refractivity contribution in [2.45, 2.75) is 32.1 Å². The highest BCUT2D eigenvalue weighted by atomic mass is 16.5. The molecular formula is C33H34O4. The van der Waals surface area contributed by atoms with Gasteiger partial charge in [0.1, 0.15) is 24.7 Å². The van der Waals surface area contributed by atoms with Gasteiger partial charge >= 0.3 is 0 Å². The van der Waals surface area contributed by atoms with E-state index in [0.29, 0.717) is 0 Å². The molecule has 0 heterocycles. The second-order valence-corrected chi connectivity index (χ2v) is 9.35.